The number of fused-ring (bicyclic) bond motifs is 1. The third kappa shape index (κ3) is 3.02. The standard InChI is InChI=1S/C19H14ClN3O4/c1-26-19(25)15-8-7-14(27-15)17-22-13-5-3-2-4-12(13)18(24)23(17)16-9-6-11(20)10-21-16/h2-10,17,22H,1H3/t17-/m1/s1. The van der Waals surface area contributed by atoms with Gasteiger partial charge >= 0.3 is 5.97 Å². The summed E-state index contributed by atoms with van der Waals surface area (Å²) in [6, 6.07) is 13.6. The Hall–Kier alpha value is -3.32. The summed E-state index contributed by atoms with van der Waals surface area (Å²) in [5.41, 5.74) is 1.17. The molecule has 1 N–H and O–H groups in total. The van der Waals surface area contributed by atoms with E-state index in [0.29, 0.717) is 27.9 Å². The van der Waals surface area contributed by atoms with Crippen molar-refractivity contribution in [3.63, 3.8) is 0 Å². The van der Waals surface area contributed by atoms with Crippen molar-refractivity contribution in [3.05, 3.63) is 76.8 Å². The number of amides is 1. The van der Waals surface area contributed by atoms with Crippen molar-refractivity contribution in [2.24, 2.45) is 0 Å². The van der Waals surface area contributed by atoms with Gasteiger partial charge in [-0.05, 0) is 36.4 Å². The fraction of sp³-hybridized carbons (Fsp3) is 0.105. The number of pyridine rings is 1. The molecule has 1 atom stereocenters. The Morgan fingerprint density at radius 2 is 2.04 bits per heavy atom. The quantitative estimate of drug-likeness (QED) is 0.691. The highest BCUT2D eigenvalue weighted by molar-refractivity contribution is 6.30. The molecular formula is C19H14ClN3O4. The van der Waals surface area contributed by atoms with Gasteiger partial charge in [0.15, 0.2) is 6.17 Å². The average molecular weight is 384 g/mol. The molecular weight excluding hydrogens is 370 g/mol. The number of halogens is 1. The van der Waals surface area contributed by atoms with Crippen LogP contribution in [0.25, 0.3) is 0 Å². The molecule has 0 unspecified atom stereocenters. The molecule has 136 valence electrons. The highest BCUT2D eigenvalue weighted by Gasteiger charge is 2.36. The zero-order chi connectivity index (χ0) is 19.0. The number of hydrogen-bond acceptors (Lipinski definition) is 6. The molecule has 1 aliphatic rings. The monoisotopic (exact) mass is 383 g/mol. The van der Waals surface area contributed by atoms with Gasteiger partial charge in [0, 0.05) is 11.9 Å². The molecule has 0 spiro atoms. The topological polar surface area (TPSA) is 84.7 Å². The molecule has 3 heterocycles. The van der Waals surface area contributed by atoms with E-state index < -0.39 is 12.1 Å². The molecule has 3 aromatic rings. The number of carbonyl (C=O) groups is 2. The van der Waals surface area contributed by atoms with Crippen LogP contribution in [-0.4, -0.2) is 24.0 Å². The summed E-state index contributed by atoms with van der Waals surface area (Å²) in [5, 5.41) is 3.72. The largest absolute Gasteiger partial charge is 0.463 e. The summed E-state index contributed by atoms with van der Waals surface area (Å²) in [4.78, 5) is 30.6. The number of benzene rings is 1. The Labute approximate surface area is 159 Å². The van der Waals surface area contributed by atoms with E-state index in [-0.39, 0.29) is 11.7 Å². The first-order valence-electron chi connectivity index (χ1n) is 8.07. The second kappa shape index (κ2) is 6.77. The van der Waals surface area contributed by atoms with E-state index in [2.05, 4.69) is 15.0 Å². The lowest BCUT2D eigenvalue weighted by atomic mass is 10.1. The summed E-state index contributed by atoms with van der Waals surface area (Å²) in [5.74, 6) is -0.0350. The maximum absolute atomic E-state index is 13.2. The van der Waals surface area contributed by atoms with Gasteiger partial charge in [0.25, 0.3) is 5.91 Å². The first-order valence-corrected chi connectivity index (χ1v) is 8.45. The zero-order valence-electron chi connectivity index (χ0n) is 14.2. The number of aromatic nitrogens is 1. The van der Waals surface area contributed by atoms with Gasteiger partial charge in [0.2, 0.25) is 5.76 Å². The molecule has 0 aliphatic carbocycles. The van der Waals surface area contributed by atoms with Gasteiger partial charge < -0.3 is 14.5 Å². The Bertz CT molecular complexity index is 1020. The number of esters is 1. The van der Waals surface area contributed by atoms with Gasteiger partial charge in [-0.3, -0.25) is 9.69 Å². The highest BCUT2D eigenvalue weighted by Crippen LogP contribution is 2.36. The van der Waals surface area contributed by atoms with Crippen LogP contribution in [-0.2, 0) is 4.74 Å². The van der Waals surface area contributed by atoms with Crippen LogP contribution in [0.5, 0.6) is 0 Å². The predicted octanol–water partition coefficient (Wildman–Crippen LogP) is 3.89. The van der Waals surface area contributed by atoms with Gasteiger partial charge in [-0.2, -0.15) is 0 Å². The minimum atomic E-state index is -0.695. The second-order valence-electron chi connectivity index (χ2n) is 5.80. The maximum atomic E-state index is 13.2. The number of nitrogens with zero attached hydrogens (tertiary/aromatic N) is 2. The number of ether oxygens (including phenoxy) is 1. The van der Waals surface area contributed by atoms with E-state index in [4.69, 9.17) is 16.0 Å². The van der Waals surface area contributed by atoms with Crippen molar-refractivity contribution in [3.8, 4) is 0 Å². The Kier molecular flexibility index (Phi) is 4.29. The number of rotatable bonds is 3. The number of methoxy groups -OCH3 is 1. The summed E-state index contributed by atoms with van der Waals surface area (Å²) < 4.78 is 10.3. The Balaban J connectivity index is 1.81. The lowest BCUT2D eigenvalue weighted by Crippen LogP contribution is -2.43. The average Bonchev–Trinajstić information content (AvgIpc) is 3.18. The normalized spacial score (nSPS) is 15.9. The van der Waals surface area contributed by atoms with Crippen LogP contribution in [0.15, 0.2) is 59.1 Å². The molecule has 1 aliphatic heterocycles. The number of hydrogen-bond donors (Lipinski definition) is 1. The van der Waals surface area contributed by atoms with Crippen LogP contribution < -0.4 is 10.2 Å². The van der Waals surface area contributed by atoms with Crippen LogP contribution in [0.4, 0.5) is 11.5 Å². The Morgan fingerprint density at radius 1 is 1.22 bits per heavy atom. The fourth-order valence-corrected chi connectivity index (χ4v) is 3.02. The molecule has 2 aromatic heterocycles. The van der Waals surface area contributed by atoms with E-state index in [1.165, 1.54) is 24.3 Å². The first-order chi connectivity index (χ1) is 13.1. The molecule has 1 amide bonds. The summed E-state index contributed by atoms with van der Waals surface area (Å²) in [6.07, 6.45) is 0.767. The van der Waals surface area contributed by atoms with Crippen molar-refractivity contribution < 1.29 is 18.7 Å². The molecule has 1 aromatic carbocycles. The molecule has 0 bridgehead atoms. The van der Waals surface area contributed by atoms with E-state index in [1.54, 1.807) is 36.4 Å². The SMILES string of the molecule is COC(=O)c1ccc([C@@H]2Nc3ccccc3C(=O)N2c2ccc(Cl)cn2)o1. The van der Waals surface area contributed by atoms with Gasteiger partial charge in [-0.25, -0.2) is 9.78 Å². The Morgan fingerprint density at radius 3 is 2.78 bits per heavy atom. The van der Waals surface area contributed by atoms with E-state index in [9.17, 15) is 9.59 Å². The molecule has 7 nitrogen and oxygen atoms in total. The van der Waals surface area contributed by atoms with Crippen molar-refractivity contribution in [1.82, 2.24) is 4.98 Å². The van der Waals surface area contributed by atoms with Crippen molar-refractivity contribution in [2.45, 2.75) is 6.17 Å². The maximum Gasteiger partial charge on any atom is 0.373 e. The summed E-state index contributed by atoms with van der Waals surface area (Å²) in [7, 11) is 1.27. The highest BCUT2D eigenvalue weighted by atomic mass is 35.5. The first kappa shape index (κ1) is 17.1. The lowest BCUT2D eigenvalue weighted by molar-refractivity contribution is 0.0562. The number of para-hydroxylation sites is 1. The van der Waals surface area contributed by atoms with Crippen molar-refractivity contribution in [1.29, 1.82) is 0 Å². The predicted molar refractivity (Wildman–Crippen MR) is 98.9 cm³/mol. The zero-order valence-corrected chi connectivity index (χ0v) is 14.9. The molecule has 4 rings (SSSR count). The van der Waals surface area contributed by atoms with E-state index in [0.717, 1.165) is 0 Å². The summed E-state index contributed by atoms with van der Waals surface area (Å²) >= 11 is 5.92. The molecule has 0 radical (unpaired) electrons. The third-order valence-corrected chi connectivity index (χ3v) is 4.39. The van der Waals surface area contributed by atoms with Gasteiger partial charge in [-0.15, -0.1) is 0 Å². The lowest BCUT2D eigenvalue weighted by Gasteiger charge is -2.35. The van der Waals surface area contributed by atoms with Gasteiger partial charge in [0.05, 0.1) is 17.7 Å². The van der Waals surface area contributed by atoms with Crippen LogP contribution in [0.1, 0.15) is 32.8 Å². The second-order valence-corrected chi connectivity index (χ2v) is 6.23. The van der Waals surface area contributed by atoms with Gasteiger partial charge in [-0.1, -0.05) is 23.7 Å². The van der Waals surface area contributed by atoms with Crippen LogP contribution in [0.2, 0.25) is 5.02 Å². The molecule has 0 saturated carbocycles. The molecule has 0 saturated heterocycles. The van der Waals surface area contributed by atoms with Crippen LogP contribution in [0, 0.1) is 0 Å². The number of anilines is 2. The fourth-order valence-electron chi connectivity index (χ4n) is 2.91. The van der Waals surface area contributed by atoms with E-state index in [1.807, 2.05) is 6.07 Å². The van der Waals surface area contributed by atoms with Crippen molar-refractivity contribution >= 4 is 35.0 Å². The minimum Gasteiger partial charge on any atom is -0.463 e. The number of nitrogens with one attached hydrogen (secondary N) is 1. The molecule has 8 heteroatoms. The summed E-state index contributed by atoms with van der Waals surface area (Å²) in [6.45, 7) is 0. The van der Waals surface area contributed by atoms with Crippen molar-refractivity contribution in [2.75, 3.05) is 17.3 Å². The minimum absolute atomic E-state index is 0.0459. The number of furan rings is 1. The van der Waals surface area contributed by atoms with Crippen LogP contribution in [0.3, 0.4) is 0 Å². The molecule has 0 fully saturated rings. The third-order valence-electron chi connectivity index (χ3n) is 4.17. The smallest absolute Gasteiger partial charge is 0.373 e. The van der Waals surface area contributed by atoms with E-state index >= 15 is 0 Å². The number of carbonyl (C=O) groups excluding carboxylic acids is 2. The molecule has 27 heavy (non-hydrogen) atoms. The van der Waals surface area contributed by atoms with Gasteiger partial charge in [0.1, 0.15) is 11.6 Å². The van der Waals surface area contributed by atoms with Crippen LogP contribution >= 0.6 is 11.6 Å².